The Labute approximate surface area is 130 Å². The second-order valence-electron chi connectivity index (χ2n) is 5.37. The molecular weight excluding hydrogens is 295 g/mol. The first kappa shape index (κ1) is 14.7. The number of phenolic OH excluding ortho intramolecular Hbond substituents is 2. The molecule has 3 rings (SSSR count). The van der Waals surface area contributed by atoms with E-state index in [-0.39, 0.29) is 17.2 Å². The van der Waals surface area contributed by atoms with Crippen LogP contribution in [0.1, 0.15) is 11.1 Å². The van der Waals surface area contributed by atoms with Gasteiger partial charge in [-0.15, -0.1) is 0 Å². The lowest BCUT2D eigenvalue weighted by Crippen LogP contribution is -2.35. The van der Waals surface area contributed by atoms with Crippen molar-refractivity contribution in [2.75, 3.05) is 0 Å². The van der Waals surface area contributed by atoms with Crippen LogP contribution in [0.2, 0.25) is 0 Å². The molecule has 4 heteroatoms. The Morgan fingerprint density at radius 1 is 0.818 bits per heavy atom. The minimum atomic E-state index is -1.03. The van der Waals surface area contributed by atoms with Crippen LogP contribution in [-0.2, 0) is 9.98 Å². The standard InChI is InChI=1S/C18H17O3P/c19-15-8-4-13(5-9-15)18(12-2-1-3-17(18)22-21)14-6-10-16(20)11-7-14/h1-12,17,19-20H,22H2. The molecule has 2 unspecified atom stereocenters. The number of hydrogen-bond donors (Lipinski definition) is 2. The number of allylic oxidation sites excluding steroid dienone is 4. The normalized spacial score (nSPS) is 19.7. The first-order valence-electron chi connectivity index (χ1n) is 7.07. The van der Waals surface area contributed by atoms with Crippen LogP contribution < -0.4 is 0 Å². The third-order valence-corrected chi connectivity index (χ3v) is 5.19. The number of rotatable bonds is 3. The molecule has 0 saturated heterocycles. The molecule has 0 amide bonds. The number of phenols is 2. The van der Waals surface area contributed by atoms with Crippen molar-refractivity contribution >= 4 is 8.46 Å². The van der Waals surface area contributed by atoms with Gasteiger partial charge in [0.1, 0.15) is 11.5 Å². The SMILES string of the molecule is O=[PH2]C1C=CC=CC1(c1ccc(O)cc1)c1ccc(O)cc1. The van der Waals surface area contributed by atoms with Crippen LogP contribution in [0.3, 0.4) is 0 Å². The highest BCUT2D eigenvalue weighted by atomic mass is 31.1. The molecule has 2 atom stereocenters. The van der Waals surface area contributed by atoms with E-state index in [1.54, 1.807) is 24.3 Å². The second kappa shape index (κ2) is 5.86. The van der Waals surface area contributed by atoms with Crippen molar-refractivity contribution in [2.24, 2.45) is 0 Å². The van der Waals surface area contributed by atoms with E-state index in [1.165, 1.54) is 0 Å². The van der Waals surface area contributed by atoms with E-state index in [9.17, 15) is 14.8 Å². The van der Waals surface area contributed by atoms with E-state index in [1.807, 2.05) is 48.6 Å². The Morgan fingerprint density at radius 2 is 1.32 bits per heavy atom. The van der Waals surface area contributed by atoms with Crippen molar-refractivity contribution in [1.29, 1.82) is 0 Å². The van der Waals surface area contributed by atoms with E-state index in [2.05, 4.69) is 0 Å². The average molecular weight is 312 g/mol. The molecule has 112 valence electrons. The maximum absolute atomic E-state index is 11.9. The summed E-state index contributed by atoms with van der Waals surface area (Å²) in [6.07, 6.45) is 7.86. The van der Waals surface area contributed by atoms with Gasteiger partial charge in [0.25, 0.3) is 0 Å². The van der Waals surface area contributed by atoms with Gasteiger partial charge in [-0.05, 0) is 35.4 Å². The Morgan fingerprint density at radius 3 is 1.77 bits per heavy atom. The lowest BCUT2D eigenvalue weighted by Gasteiger charge is -2.37. The minimum Gasteiger partial charge on any atom is -0.508 e. The molecule has 1 aliphatic carbocycles. The molecule has 0 radical (unpaired) electrons. The fourth-order valence-corrected chi connectivity index (χ4v) is 3.95. The zero-order valence-corrected chi connectivity index (χ0v) is 13.0. The van der Waals surface area contributed by atoms with Crippen LogP contribution in [0, 0.1) is 0 Å². The molecule has 0 saturated carbocycles. The first-order chi connectivity index (χ1) is 10.7. The molecule has 2 aromatic carbocycles. The predicted octanol–water partition coefficient (Wildman–Crippen LogP) is 3.63. The van der Waals surface area contributed by atoms with Gasteiger partial charge in [0.05, 0.1) is 13.9 Å². The van der Waals surface area contributed by atoms with Crippen molar-refractivity contribution in [3.05, 3.63) is 84.0 Å². The number of aromatic hydroxyl groups is 2. The van der Waals surface area contributed by atoms with Crippen molar-refractivity contribution in [2.45, 2.75) is 11.1 Å². The van der Waals surface area contributed by atoms with Gasteiger partial charge in [-0.1, -0.05) is 48.6 Å². The fraction of sp³-hybridized carbons (Fsp3) is 0.111. The Hall–Kier alpha value is -2.25. The van der Waals surface area contributed by atoms with Crippen LogP contribution >= 0.6 is 8.46 Å². The van der Waals surface area contributed by atoms with Crippen molar-refractivity contribution in [3.8, 4) is 11.5 Å². The molecule has 2 aromatic rings. The van der Waals surface area contributed by atoms with Gasteiger partial charge in [-0.25, -0.2) is 0 Å². The lowest BCUT2D eigenvalue weighted by molar-refractivity contribution is 0.474. The molecule has 2 N–H and O–H groups in total. The van der Waals surface area contributed by atoms with Crippen LogP contribution in [0.5, 0.6) is 11.5 Å². The van der Waals surface area contributed by atoms with Crippen molar-refractivity contribution in [1.82, 2.24) is 0 Å². The number of hydrogen-bond acceptors (Lipinski definition) is 3. The quantitative estimate of drug-likeness (QED) is 0.851. The zero-order chi connectivity index (χ0) is 15.6. The largest absolute Gasteiger partial charge is 0.508 e. The first-order valence-corrected chi connectivity index (χ1v) is 8.21. The summed E-state index contributed by atoms with van der Waals surface area (Å²) in [7, 11) is -1.03. The van der Waals surface area contributed by atoms with Crippen LogP contribution in [-0.4, -0.2) is 15.9 Å². The number of benzene rings is 2. The average Bonchev–Trinajstić information content (AvgIpc) is 2.56. The molecule has 0 spiro atoms. The monoisotopic (exact) mass is 312 g/mol. The van der Waals surface area contributed by atoms with Gasteiger partial charge in [0, 0.05) is 5.66 Å². The van der Waals surface area contributed by atoms with E-state index in [0.29, 0.717) is 0 Å². The summed E-state index contributed by atoms with van der Waals surface area (Å²) >= 11 is 0. The highest BCUT2D eigenvalue weighted by Crippen LogP contribution is 2.45. The maximum atomic E-state index is 11.9. The van der Waals surface area contributed by atoms with Crippen LogP contribution in [0.4, 0.5) is 0 Å². The zero-order valence-electron chi connectivity index (χ0n) is 11.9. The summed E-state index contributed by atoms with van der Waals surface area (Å²) in [5, 5.41) is 19.1. The third kappa shape index (κ3) is 2.38. The topological polar surface area (TPSA) is 57.5 Å². The van der Waals surface area contributed by atoms with E-state index >= 15 is 0 Å². The summed E-state index contributed by atoms with van der Waals surface area (Å²) in [6.45, 7) is 0. The maximum Gasteiger partial charge on any atom is 0.115 e. The van der Waals surface area contributed by atoms with Crippen molar-refractivity contribution in [3.63, 3.8) is 0 Å². The molecule has 0 fully saturated rings. The van der Waals surface area contributed by atoms with E-state index in [4.69, 9.17) is 0 Å². The Bertz CT molecular complexity index is 684. The minimum absolute atomic E-state index is 0.147. The summed E-state index contributed by atoms with van der Waals surface area (Å²) in [4.78, 5) is 0. The molecule has 0 bridgehead atoms. The predicted molar refractivity (Wildman–Crippen MR) is 89.5 cm³/mol. The Kier molecular flexibility index (Phi) is 3.91. The van der Waals surface area contributed by atoms with Gasteiger partial charge in [-0.3, -0.25) is 0 Å². The van der Waals surface area contributed by atoms with Gasteiger partial charge in [-0.2, -0.15) is 0 Å². The summed E-state index contributed by atoms with van der Waals surface area (Å²) in [5.41, 5.74) is 1.23. The summed E-state index contributed by atoms with van der Waals surface area (Å²) in [5.74, 6) is 0.400. The Balaban J connectivity index is 2.24. The van der Waals surface area contributed by atoms with Gasteiger partial charge >= 0.3 is 0 Å². The molecule has 0 aromatic heterocycles. The highest BCUT2D eigenvalue weighted by molar-refractivity contribution is 7.25. The molecule has 0 aliphatic heterocycles. The fourth-order valence-electron chi connectivity index (χ4n) is 3.03. The van der Waals surface area contributed by atoms with Gasteiger partial charge in [0.15, 0.2) is 0 Å². The van der Waals surface area contributed by atoms with Crippen molar-refractivity contribution < 1.29 is 14.8 Å². The van der Waals surface area contributed by atoms with E-state index in [0.717, 1.165) is 11.1 Å². The second-order valence-corrected chi connectivity index (χ2v) is 6.36. The van der Waals surface area contributed by atoms with Crippen LogP contribution in [0.25, 0.3) is 0 Å². The summed E-state index contributed by atoms with van der Waals surface area (Å²) in [6, 6.07) is 14.0. The van der Waals surface area contributed by atoms with Crippen LogP contribution in [0.15, 0.2) is 72.8 Å². The third-order valence-electron chi connectivity index (χ3n) is 4.15. The smallest absolute Gasteiger partial charge is 0.115 e. The van der Waals surface area contributed by atoms with Gasteiger partial charge in [0.2, 0.25) is 0 Å². The highest BCUT2D eigenvalue weighted by Gasteiger charge is 2.39. The van der Waals surface area contributed by atoms with E-state index < -0.39 is 13.9 Å². The molecule has 3 nitrogen and oxygen atoms in total. The molecule has 0 heterocycles. The molecular formula is C18H17O3P. The lowest BCUT2D eigenvalue weighted by atomic mass is 9.70. The molecule has 1 aliphatic rings. The van der Waals surface area contributed by atoms with Gasteiger partial charge < -0.3 is 14.8 Å². The summed E-state index contributed by atoms with van der Waals surface area (Å²) < 4.78 is 11.9. The molecule has 22 heavy (non-hydrogen) atoms.